The molecule has 1 aliphatic heterocycles. The Labute approximate surface area is 239 Å². The van der Waals surface area contributed by atoms with Crippen LogP contribution in [0.2, 0.25) is 0 Å². The summed E-state index contributed by atoms with van der Waals surface area (Å²) < 4.78 is 10.9. The van der Waals surface area contributed by atoms with E-state index in [2.05, 4.69) is 12.2 Å². The van der Waals surface area contributed by atoms with E-state index in [9.17, 15) is 29.3 Å². The first-order valence-electron chi connectivity index (χ1n) is 13.7. The minimum atomic E-state index is -0.747. The van der Waals surface area contributed by atoms with E-state index in [0.717, 1.165) is 6.42 Å². The number of carbonyl (C=O) groups excluding carboxylic acids is 4. The number of nitro benzene ring substituents is 1. The highest BCUT2D eigenvalue weighted by Gasteiger charge is 2.67. The van der Waals surface area contributed by atoms with E-state index in [1.165, 1.54) is 53.4 Å². The Bertz CT molecular complexity index is 1640. The molecule has 210 valence electrons. The number of non-ortho nitro benzene ring substituents is 1. The molecule has 0 radical (unpaired) electrons. The molecule has 2 saturated carbocycles. The van der Waals surface area contributed by atoms with Crippen molar-refractivity contribution in [2.24, 2.45) is 35.5 Å². The van der Waals surface area contributed by atoms with Crippen LogP contribution >= 0.6 is 0 Å². The van der Waals surface area contributed by atoms with Gasteiger partial charge in [-0.2, -0.15) is 0 Å². The van der Waals surface area contributed by atoms with Gasteiger partial charge in [-0.15, -0.1) is 0 Å². The van der Waals surface area contributed by atoms with Crippen LogP contribution in [0.1, 0.15) is 27.1 Å². The average molecular weight is 565 g/mol. The summed E-state index contributed by atoms with van der Waals surface area (Å²) >= 11 is 0. The lowest BCUT2D eigenvalue weighted by molar-refractivity contribution is -0.384. The summed E-state index contributed by atoms with van der Waals surface area (Å²) in [4.78, 5) is 63.8. The molecule has 1 saturated heterocycles. The maximum absolute atomic E-state index is 13.4. The molecule has 42 heavy (non-hydrogen) atoms. The van der Waals surface area contributed by atoms with Gasteiger partial charge in [0.2, 0.25) is 11.8 Å². The van der Waals surface area contributed by atoms with E-state index in [0.29, 0.717) is 34.6 Å². The summed E-state index contributed by atoms with van der Waals surface area (Å²) in [5.41, 5.74) is 0.703. The number of rotatable bonds is 8. The summed E-state index contributed by atoms with van der Waals surface area (Å²) in [6, 6.07) is 17.9. The van der Waals surface area contributed by atoms with Crippen molar-refractivity contribution in [3.8, 4) is 11.5 Å². The minimum Gasteiger partial charge on any atom is -0.457 e. The zero-order valence-electron chi connectivity index (χ0n) is 22.1. The quantitative estimate of drug-likeness (QED) is 0.0934. The SMILES string of the molecule is O=C(COC(=O)c1cccc(N2C(=O)[C@@H]3[C@@H]4C=C[C@H]([C@H]5C[C@H]45)[C@@H]3C2=O)c1)c1ccc(Oc2ccc([N+](=O)[O-])cc2)cc1. The molecule has 3 aromatic rings. The standard InChI is InChI=1S/C32H24N2O8/c35-27(17-4-8-21(9-5-17)42-22-10-6-19(7-11-22)34(39)40)16-41-32(38)18-2-1-3-20(14-18)33-30(36)28-23-12-13-24(26-15-25(23)26)29(28)31(33)37/h1-14,23-26,28-29H,15-16H2/t23-,24-,25-,26-,28-,29+/m1/s1. The monoisotopic (exact) mass is 564 g/mol. The van der Waals surface area contributed by atoms with Crippen molar-refractivity contribution in [1.29, 1.82) is 0 Å². The summed E-state index contributed by atoms with van der Waals surface area (Å²) in [5, 5.41) is 10.8. The van der Waals surface area contributed by atoms with Crippen LogP contribution < -0.4 is 9.64 Å². The fourth-order valence-electron chi connectivity index (χ4n) is 6.76. The molecular formula is C32H24N2O8. The lowest BCUT2D eigenvalue weighted by Crippen LogP contribution is -2.40. The van der Waals surface area contributed by atoms with Crippen LogP contribution in [-0.2, 0) is 14.3 Å². The molecule has 2 bridgehead atoms. The van der Waals surface area contributed by atoms with E-state index in [1.54, 1.807) is 24.3 Å². The Morgan fingerprint density at radius 2 is 1.43 bits per heavy atom. The second-order valence-electron chi connectivity index (χ2n) is 11.1. The van der Waals surface area contributed by atoms with Gasteiger partial charge in [-0.3, -0.25) is 24.5 Å². The molecule has 3 fully saturated rings. The summed E-state index contributed by atoms with van der Waals surface area (Å²) in [5.74, 6) is -0.264. The number of imide groups is 1. The molecule has 6 atom stereocenters. The number of amides is 2. The van der Waals surface area contributed by atoms with Crippen LogP contribution in [0.25, 0.3) is 0 Å². The number of anilines is 1. The predicted octanol–water partition coefficient (Wildman–Crippen LogP) is 4.98. The fraction of sp³-hybridized carbons (Fsp3) is 0.250. The molecule has 4 aliphatic carbocycles. The van der Waals surface area contributed by atoms with Crippen molar-refractivity contribution < 1.29 is 33.6 Å². The Kier molecular flexibility index (Phi) is 6.00. The molecule has 0 spiro atoms. The number of ketones is 1. The van der Waals surface area contributed by atoms with Crippen molar-refractivity contribution in [3.63, 3.8) is 0 Å². The second-order valence-corrected chi connectivity index (χ2v) is 11.1. The van der Waals surface area contributed by atoms with Gasteiger partial charge in [0.25, 0.3) is 5.69 Å². The number of allylic oxidation sites excluding steroid dienone is 2. The molecule has 0 N–H and O–H groups in total. The molecule has 1 heterocycles. The Balaban J connectivity index is 0.978. The van der Waals surface area contributed by atoms with Crippen LogP contribution in [0.15, 0.2) is 84.9 Å². The molecule has 10 nitrogen and oxygen atoms in total. The number of nitro groups is 1. The highest BCUT2D eigenvalue weighted by molar-refractivity contribution is 6.23. The maximum Gasteiger partial charge on any atom is 0.338 e. The normalized spacial score (nSPS) is 26.4. The Morgan fingerprint density at radius 3 is 2.02 bits per heavy atom. The molecule has 8 rings (SSSR count). The number of esters is 1. The summed E-state index contributed by atoms with van der Waals surface area (Å²) in [7, 11) is 0. The Morgan fingerprint density at radius 1 is 0.833 bits per heavy atom. The summed E-state index contributed by atoms with van der Waals surface area (Å²) in [6.45, 7) is -0.505. The second kappa shape index (κ2) is 9.76. The lowest BCUT2D eigenvalue weighted by atomic mass is 9.63. The first-order valence-corrected chi connectivity index (χ1v) is 13.7. The van der Waals surface area contributed by atoms with Crippen molar-refractivity contribution in [2.75, 3.05) is 11.5 Å². The third kappa shape index (κ3) is 4.27. The number of benzene rings is 3. The minimum absolute atomic E-state index is 0.0549. The van der Waals surface area contributed by atoms with Crippen LogP contribution in [0, 0.1) is 45.6 Å². The molecule has 0 aromatic heterocycles. The van der Waals surface area contributed by atoms with Crippen molar-refractivity contribution in [1.82, 2.24) is 0 Å². The molecule has 2 amide bonds. The van der Waals surface area contributed by atoms with Gasteiger partial charge in [0.05, 0.1) is 28.0 Å². The van der Waals surface area contributed by atoms with Crippen LogP contribution in [0.4, 0.5) is 11.4 Å². The zero-order chi connectivity index (χ0) is 29.1. The van der Waals surface area contributed by atoms with Crippen LogP contribution in [0.5, 0.6) is 11.5 Å². The van der Waals surface area contributed by atoms with E-state index < -0.39 is 23.3 Å². The number of hydrogen-bond acceptors (Lipinski definition) is 8. The molecule has 10 heteroatoms. The zero-order valence-corrected chi connectivity index (χ0v) is 22.1. The van der Waals surface area contributed by atoms with Gasteiger partial charge in [-0.05, 0) is 84.7 Å². The van der Waals surface area contributed by atoms with Gasteiger partial charge >= 0.3 is 5.97 Å². The number of carbonyl (C=O) groups is 4. The smallest absolute Gasteiger partial charge is 0.338 e. The van der Waals surface area contributed by atoms with E-state index >= 15 is 0 Å². The van der Waals surface area contributed by atoms with Crippen molar-refractivity contribution in [3.05, 3.63) is 106 Å². The topological polar surface area (TPSA) is 133 Å². The number of ether oxygens (including phenoxy) is 2. The van der Waals surface area contributed by atoms with E-state index in [1.807, 2.05) is 0 Å². The first-order chi connectivity index (χ1) is 20.3. The van der Waals surface area contributed by atoms with Gasteiger partial charge in [-0.1, -0.05) is 18.2 Å². The van der Waals surface area contributed by atoms with E-state index in [-0.39, 0.29) is 46.7 Å². The van der Waals surface area contributed by atoms with Gasteiger partial charge in [-0.25, -0.2) is 9.69 Å². The number of Topliss-reactive ketones (excluding diaryl/α,β-unsaturated/α-hetero) is 1. The maximum atomic E-state index is 13.4. The van der Waals surface area contributed by atoms with Crippen molar-refractivity contribution >= 4 is 34.9 Å². The lowest BCUT2D eigenvalue weighted by Gasteiger charge is -2.37. The number of hydrogen-bond donors (Lipinski definition) is 0. The molecule has 3 aromatic carbocycles. The van der Waals surface area contributed by atoms with Gasteiger partial charge in [0.15, 0.2) is 12.4 Å². The molecular weight excluding hydrogens is 540 g/mol. The molecule has 5 aliphatic rings. The van der Waals surface area contributed by atoms with Crippen molar-refractivity contribution in [2.45, 2.75) is 6.42 Å². The molecule has 0 unspecified atom stereocenters. The van der Waals surface area contributed by atoms with Gasteiger partial charge in [0, 0.05) is 17.7 Å². The summed E-state index contributed by atoms with van der Waals surface area (Å²) in [6.07, 6.45) is 5.30. The Hall–Kier alpha value is -5.12. The highest BCUT2D eigenvalue weighted by atomic mass is 16.6. The average Bonchev–Trinajstić information content (AvgIpc) is 3.79. The van der Waals surface area contributed by atoms with Crippen LogP contribution in [0.3, 0.4) is 0 Å². The van der Waals surface area contributed by atoms with E-state index in [4.69, 9.17) is 9.47 Å². The fourth-order valence-corrected chi connectivity index (χ4v) is 6.76. The van der Waals surface area contributed by atoms with Gasteiger partial charge in [0.1, 0.15) is 11.5 Å². The highest BCUT2D eigenvalue weighted by Crippen LogP contribution is 2.65. The first kappa shape index (κ1) is 25.8. The predicted molar refractivity (Wildman–Crippen MR) is 148 cm³/mol. The van der Waals surface area contributed by atoms with Gasteiger partial charge < -0.3 is 9.47 Å². The van der Waals surface area contributed by atoms with Crippen LogP contribution in [-0.4, -0.2) is 35.1 Å². The third-order valence-corrected chi connectivity index (χ3v) is 8.80. The number of nitrogens with zero attached hydrogens (tertiary/aromatic N) is 2. The largest absolute Gasteiger partial charge is 0.457 e. The third-order valence-electron chi connectivity index (χ3n) is 8.80.